The van der Waals surface area contributed by atoms with Gasteiger partial charge in [0.05, 0.1) is 0 Å². The first-order valence-corrected chi connectivity index (χ1v) is 7.57. The Hall–Kier alpha value is -1.55. The van der Waals surface area contributed by atoms with E-state index in [9.17, 15) is 4.79 Å². The zero-order valence-corrected chi connectivity index (χ0v) is 12.0. The second-order valence-corrected chi connectivity index (χ2v) is 5.59. The number of hydrogen-bond donors (Lipinski definition) is 3. The molecule has 2 rings (SSSR count). The van der Waals surface area contributed by atoms with Gasteiger partial charge in [-0.2, -0.15) is 0 Å². The Morgan fingerprint density at radius 2 is 1.90 bits per heavy atom. The van der Waals surface area contributed by atoms with E-state index >= 15 is 0 Å². The van der Waals surface area contributed by atoms with Crippen molar-refractivity contribution < 1.29 is 4.79 Å². The molecule has 4 N–H and O–H groups in total. The zero-order chi connectivity index (χ0) is 14.2. The van der Waals surface area contributed by atoms with Gasteiger partial charge in [-0.1, -0.05) is 43.5 Å². The van der Waals surface area contributed by atoms with Crippen LogP contribution in [-0.2, 0) is 13.1 Å². The Morgan fingerprint density at radius 1 is 1.15 bits per heavy atom. The molecular formula is C16H25N3O. The summed E-state index contributed by atoms with van der Waals surface area (Å²) in [6.45, 7) is 1.88. The molecule has 110 valence electrons. The first-order chi connectivity index (χ1) is 9.78. The van der Waals surface area contributed by atoms with Crippen LogP contribution in [0.2, 0.25) is 0 Å². The maximum atomic E-state index is 11.8. The normalized spacial score (nSPS) is 15.8. The molecule has 1 saturated carbocycles. The third kappa shape index (κ3) is 4.85. The molecule has 1 aromatic rings. The summed E-state index contributed by atoms with van der Waals surface area (Å²) in [5.74, 6) is 0.662. The van der Waals surface area contributed by atoms with Crippen molar-refractivity contribution in [1.29, 1.82) is 0 Å². The second kappa shape index (κ2) is 7.90. The molecule has 1 fully saturated rings. The van der Waals surface area contributed by atoms with Gasteiger partial charge in [-0.3, -0.25) is 0 Å². The van der Waals surface area contributed by atoms with Gasteiger partial charge in [-0.15, -0.1) is 0 Å². The number of nitrogens with two attached hydrogens (primary N) is 1. The lowest BCUT2D eigenvalue weighted by Gasteiger charge is -2.21. The molecule has 4 heteroatoms. The van der Waals surface area contributed by atoms with Crippen LogP contribution in [0.25, 0.3) is 0 Å². The average Bonchev–Trinajstić information content (AvgIpc) is 2.52. The van der Waals surface area contributed by atoms with Crippen molar-refractivity contribution >= 4 is 6.03 Å². The standard InChI is InChI=1S/C16H25N3O/c17-10-14-7-4-8-15(9-14)12-19-16(20)18-11-13-5-2-1-3-6-13/h4,7-9,13H,1-3,5-6,10-12,17H2,(H2,18,19,20). The fraction of sp³-hybridized carbons (Fsp3) is 0.562. The van der Waals surface area contributed by atoms with Crippen LogP contribution in [-0.4, -0.2) is 12.6 Å². The van der Waals surface area contributed by atoms with Crippen LogP contribution in [0.5, 0.6) is 0 Å². The molecule has 4 nitrogen and oxygen atoms in total. The van der Waals surface area contributed by atoms with Gasteiger partial charge in [0.1, 0.15) is 0 Å². The summed E-state index contributed by atoms with van der Waals surface area (Å²) in [4.78, 5) is 11.8. The van der Waals surface area contributed by atoms with Gasteiger partial charge in [0.2, 0.25) is 0 Å². The fourth-order valence-electron chi connectivity index (χ4n) is 2.74. The van der Waals surface area contributed by atoms with Crippen LogP contribution < -0.4 is 16.4 Å². The molecule has 1 aliphatic carbocycles. The van der Waals surface area contributed by atoms with E-state index in [0.717, 1.165) is 17.7 Å². The molecule has 0 aromatic heterocycles. The highest BCUT2D eigenvalue weighted by atomic mass is 16.2. The molecule has 0 saturated heterocycles. The highest BCUT2D eigenvalue weighted by Crippen LogP contribution is 2.22. The minimum atomic E-state index is -0.0753. The van der Waals surface area contributed by atoms with Gasteiger partial charge in [-0.05, 0) is 29.9 Å². The summed E-state index contributed by atoms with van der Waals surface area (Å²) in [6.07, 6.45) is 6.46. The first kappa shape index (κ1) is 14.9. The van der Waals surface area contributed by atoms with Crippen molar-refractivity contribution in [2.24, 2.45) is 11.7 Å². The molecule has 0 atom stereocenters. The molecule has 1 aliphatic rings. The molecular weight excluding hydrogens is 250 g/mol. The van der Waals surface area contributed by atoms with Crippen LogP contribution in [0.4, 0.5) is 4.79 Å². The Morgan fingerprint density at radius 3 is 2.65 bits per heavy atom. The lowest BCUT2D eigenvalue weighted by Crippen LogP contribution is -2.38. The zero-order valence-electron chi connectivity index (χ0n) is 12.0. The maximum absolute atomic E-state index is 11.8. The van der Waals surface area contributed by atoms with Gasteiger partial charge in [-0.25, -0.2) is 4.79 Å². The number of benzene rings is 1. The summed E-state index contributed by atoms with van der Waals surface area (Å²) in [7, 11) is 0. The predicted octanol–water partition coefficient (Wildman–Crippen LogP) is 2.52. The van der Waals surface area contributed by atoms with E-state index in [1.807, 2.05) is 24.3 Å². The van der Waals surface area contributed by atoms with Gasteiger partial charge in [0.25, 0.3) is 0 Å². The SMILES string of the molecule is NCc1cccc(CNC(=O)NCC2CCCCC2)c1. The van der Waals surface area contributed by atoms with Crippen LogP contribution in [0.15, 0.2) is 24.3 Å². The number of rotatable bonds is 5. The molecule has 20 heavy (non-hydrogen) atoms. The number of carbonyl (C=O) groups excluding carboxylic acids is 1. The molecule has 0 spiro atoms. The van der Waals surface area contributed by atoms with Crippen molar-refractivity contribution in [2.75, 3.05) is 6.54 Å². The van der Waals surface area contributed by atoms with E-state index in [0.29, 0.717) is 19.0 Å². The van der Waals surface area contributed by atoms with Crippen molar-refractivity contribution in [1.82, 2.24) is 10.6 Å². The largest absolute Gasteiger partial charge is 0.338 e. The van der Waals surface area contributed by atoms with Crippen molar-refractivity contribution in [3.05, 3.63) is 35.4 Å². The molecule has 0 bridgehead atoms. The van der Waals surface area contributed by atoms with Gasteiger partial charge >= 0.3 is 6.03 Å². The number of carbonyl (C=O) groups is 1. The quantitative estimate of drug-likeness (QED) is 0.773. The highest BCUT2D eigenvalue weighted by Gasteiger charge is 2.13. The number of amides is 2. The van der Waals surface area contributed by atoms with E-state index in [4.69, 9.17) is 5.73 Å². The third-order valence-electron chi connectivity index (χ3n) is 3.96. The fourth-order valence-corrected chi connectivity index (χ4v) is 2.74. The number of hydrogen-bond acceptors (Lipinski definition) is 2. The Balaban J connectivity index is 1.68. The lowest BCUT2D eigenvalue weighted by molar-refractivity contribution is 0.236. The van der Waals surface area contributed by atoms with Crippen LogP contribution in [0.1, 0.15) is 43.2 Å². The summed E-state index contributed by atoms with van der Waals surface area (Å²) in [5, 5.41) is 5.88. The number of urea groups is 1. The summed E-state index contributed by atoms with van der Waals surface area (Å²) in [5.41, 5.74) is 7.78. The van der Waals surface area contributed by atoms with E-state index < -0.39 is 0 Å². The van der Waals surface area contributed by atoms with E-state index in [1.54, 1.807) is 0 Å². The first-order valence-electron chi connectivity index (χ1n) is 7.57. The van der Waals surface area contributed by atoms with Crippen LogP contribution in [0.3, 0.4) is 0 Å². The highest BCUT2D eigenvalue weighted by molar-refractivity contribution is 5.73. The molecule has 1 aromatic carbocycles. The lowest BCUT2D eigenvalue weighted by atomic mass is 9.89. The Kier molecular flexibility index (Phi) is 5.87. The van der Waals surface area contributed by atoms with Gasteiger partial charge in [0, 0.05) is 19.6 Å². The third-order valence-corrected chi connectivity index (χ3v) is 3.96. The minimum absolute atomic E-state index is 0.0753. The van der Waals surface area contributed by atoms with E-state index in [1.165, 1.54) is 32.1 Å². The molecule has 2 amide bonds. The molecule has 0 heterocycles. The number of nitrogens with one attached hydrogen (secondary N) is 2. The molecule has 0 unspecified atom stereocenters. The van der Waals surface area contributed by atoms with Gasteiger partial charge in [0.15, 0.2) is 0 Å². The summed E-state index contributed by atoms with van der Waals surface area (Å²) in [6, 6.07) is 7.92. The van der Waals surface area contributed by atoms with Crippen molar-refractivity contribution in [3.63, 3.8) is 0 Å². The van der Waals surface area contributed by atoms with E-state index in [-0.39, 0.29) is 6.03 Å². The summed E-state index contributed by atoms with van der Waals surface area (Å²) < 4.78 is 0. The topological polar surface area (TPSA) is 67.1 Å². The second-order valence-electron chi connectivity index (χ2n) is 5.59. The van der Waals surface area contributed by atoms with Crippen LogP contribution in [0, 0.1) is 5.92 Å². The predicted molar refractivity (Wildman–Crippen MR) is 81.1 cm³/mol. The average molecular weight is 275 g/mol. The van der Waals surface area contributed by atoms with Crippen molar-refractivity contribution in [3.8, 4) is 0 Å². The van der Waals surface area contributed by atoms with Crippen molar-refractivity contribution in [2.45, 2.75) is 45.2 Å². The van der Waals surface area contributed by atoms with Crippen LogP contribution >= 0.6 is 0 Å². The monoisotopic (exact) mass is 275 g/mol. The summed E-state index contributed by atoms with van der Waals surface area (Å²) >= 11 is 0. The van der Waals surface area contributed by atoms with E-state index in [2.05, 4.69) is 10.6 Å². The maximum Gasteiger partial charge on any atom is 0.315 e. The molecule has 0 radical (unpaired) electrons. The Bertz CT molecular complexity index is 427. The minimum Gasteiger partial charge on any atom is -0.338 e. The Labute approximate surface area is 121 Å². The van der Waals surface area contributed by atoms with Gasteiger partial charge < -0.3 is 16.4 Å². The smallest absolute Gasteiger partial charge is 0.315 e. The molecule has 0 aliphatic heterocycles.